The summed E-state index contributed by atoms with van der Waals surface area (Å²) in [7, 11) is 0. The number of amides is 1. The third-order valence-electron chi connectivity index (χ3n) is 3.80. The van der Waals surface area contributed by atoms with Gasteiger partial charge in [0.05, 0.1) is 6.54 Å². The molecule has 0 heterocycles. The molecular weight excluding hydrogens is 226 g/mol. The Morgan fingerprint density at radius 1 is 1.29 bits per heavy atom. The molecule has 0 aromatic heterocycles. The molecule has 0 bridgehead atoms. The molecule has 0 unspecified atom stereocenters. The first-order chi connectivity index (χ1) is 8.08. The molecule has 2 saturated carbocycles. The molecule has 2 atom stereocenters. The smallest absolute Gasteiger partial charge is 0.255 e. The summed E-state index contributed by atoms with van der Waals surface area (Å²) in [6, 6.07) is 0.140. The molecule has 0 saturated heterocycles. The fraction of sp³-hybridized carbons (Fsp3) is 0.917. The number of hydrogen-bond acceptors (Lipinski definition) is 2. The molecule has 0 radical (unpaired) electrons. The van der Waals surface area contributed by atoms with Crippen molar-refractivity contribution >= 4 is 5.91 Å². The largest absolute Gasteiger partial charge is 0.334 e. The summed E-state index contributed by atoms with van der Waals surface area (Å²) in [6.07, 6.45) is 2.62. The molecular formula is C12H20F2N2O. The van der Waals surface area contributed by atoms with Gasteiger partial charge in [0.15, 0.2) is 0 Å². The average Bonchev–Trinajstić information content (AvgIpc) is 3.01. The van der Waals surface area contributed by atoms with E-state index in [4.69, 9.17) is 5.73 Å². The van der Waals surface area contributed by atoms with Crippen LogP contribution in [0.1, 0.15) is 38.5 Å². The molecule has 5 heteroatoms. The number of carbonyl (C=O) groups is 1. The monoisotopic (exact) mass is 246 g/mol. The van der Waals surface area contributed by atoms with E-state index in [1.54, 1.807) is 0 Å². The quantitative estimate of drug-likeness (QED) is 0.803. The second kappa shape index (κ2) is 5.29. The number of rotatable bonds is 5. The van der Waals surface area contributed by atoms with Gasteiger partial charge in [-0.25, -0.2) is 8.78 Å². The molecule has 1 amide bonds. The van der Waals surface area contributed by atoms with Crippen molar-refractivity contribution in [2.45, 2.75) is 57.0 Å². The minimum Gasteiger partial charge on any atom is -0.334 e. The van der Waals surface area contributed by atoms with E-state index in [0.717, 1.165) is 32.1 Å². The van der Waals surface area contributed by atoms with Crippen LogP contribution in [0, 0.1) is 5.92 Å². The summed E-state index contributed by atoms with van der Waals surface area (Å²) in [5.74, 6) is 0.0663. The van der Waals surface area contributed by atoms with Gasteiger partial charge in [0.25, 0.3) is 6.43 Å². The second-order valence-corrected chi connectivity index (χ2v) is 5.23. The standard InChI is InChI=1S/C12H20F2N2O/c13-11(14)7-16(9-4-5-9)12(17)6-8-2-1-3-10(8)15/h8-11H,1-7,15H2/t8-,10+/m0/s1. The van der Waals surface area contributed by atoms with Crippen molar-refractivity contribution in [1.29, 1.82) is 0 Å². The lowest BCUT2D eigenvalue weighted by atomic mass is 9.99. The Kier molecular flexibility index (Phi) is 3.97. The van der Waals surface area contributed by atoms with Gasteiger partial charge < -0.3 is 10.6 Å². The first kappa shape index (κ1) is 12.7. The maximum Gasteiger partial charge on any atom is 0.255 e. The van der Waals surface area contributed by atoms with E-state index in [1.807, 2.05) is 0 Å². The topological polar surface area (TPSA) is 46.3 Å². The van der Waals surface area contributed by atoms with E-state index in [1.165, 1.54) is 4.90 Å². The van der Waals surface area contributed by atoms with E-state index < -0.39 is 13.0 Å². The third kappa shape index (κ3) is 3.37. The average molecular weight is 246 g/mol. The number of halogens is 2. The molecule has 0 aromatic rings. The predicted molar refractivity (Wildman–Crippen MR) is 60.7 cm³/mol. The zero-order valence-electron chi connectivity index (χ0n) is 9.95. The molecule has 0 aliphatic heterocycles. The van der Waals surface area contributed by atoms with E-state index in [2.05, 4.69) is 0 Å². The van der Waals surface area contributed by atoms with Gasteiger partial charge in [-0.1, -0.05) is 6.42 Å². The molecule has 98 valence electrons. The second-order valence-electron chi connectivity index (χ2n) is 5.23. The molecule has 2 fully saturated rings. The maximum atomic E-state index is 12.4. The normalized spacial score (nSPS) is 28.7. The van der Waals surface area contributed by atoms with Gasteiger partial charge in [-0.2, -0.15) is 0 Å². The van der Waals surface area contributed by atoms with Gasteiger partial charge in [0.2, 0.25) is 5.91 Å². The molecule has 17 heavy (non-hydrogen) atoms. The van der Waals surface area contributed by atoms with E-state index in [9.17, 15) is 13.6 Å². The van der Waals surface area contributed by atoms with Crippen LogP contribution in [0.4, 0.5) is 8.78 Å². The summed E-state index contributed by atoms with van der Waals surface area (Å²) in [6.45, 7) is -0.411. The Morgan fingerprint density at radius 2 is 2.00 bits per heavy atom. The lowest BCUT2D eigenvalue weighted by Gasteiger charge is -2.24. The Balaban J connectivity index is 1.87. The zero-order valence-corrected chi connectivity index (χ0v) is 9.95. The van der Waals surface area contributed by atoms with Crippen molar-refractivity contribution in [3.05, 3.63) is 0 Å². The van der Waals surface area contributed by atoms with Gasteiger partial charge in [0.1, 0.15) is 0 Å². The highest BCUT2D eigenvalue weighted by Gasteiger charge is 2.36. The summed E-state index contributed by atoms with van der Waals surface area (Å²) in [4.78, 5) is 13.4. The van der Waals surface area contributed by atoms with Crippen LogP contribution in [0.2, 0.25) is 0 Å². The van der Waals surface area contributed by atoms with Crippen LogP contribution < -0.4 is 5.73 Å². The summed E-state index contributed by atoms with van der Waals surface area (Å²) in [5, 5.41) is 0. The number of nitrogens with two attached hydrogens (primary N) is 1. The molecule has 2 aliphatic carbocycles. The van der Waals surface area contributed by atoms with Crippen molar-refractivity contribution in [2.24, 2.45) is 11.7 Å². The zero-order chi connectivity index (χ0) is 12.4. The lowest BCUT2D eigenvalue weighted by Crippen LogP contribution is -2.39. The summed E-state index contributed by atoms with van der Waals surface area (Å²) >= 11 is 0. The van der Waals surface area contributed by atoms with Crippen molar-refractivity contribution in [2.75, 3.05) is 6.54 Å². The van der Waals surface area contributed by atoms with Crippen LogP contribution in [-0.2, 0) is 4.79 Å². The number of nitrogens with zero attached hydrogens (tertiary/aromatic N) is 1. The molecule has 0 aromatic carbocycles. The van der Waals surface area contributed by atoms with E-state index >= 15 is 0 Å². The summed E-state index contributed by atoms with van der Waals surface area (Å²) < 4.78 is 24.8. The van der Waals surface area contributed by atoms with Crippen molar-refractivity contribution in [3.8, 4) is 0 Å². The fourth-order valence-corrected chi connectivity index (χ4v) is 2.65. The molecule has 3 nitrogen and oxygen atoms in total. The molecule has 0 spiro atoms. The van der Waals surface area contributed by atoms with Gasteiger partial charge >= 0.3 is 0 Å². The predicted octanol–water partition coefficient (Wildman–Crippen LogP) is 1.76. The van der Waals surface area contributed by atoms with Crippen molar-refractivity contribution in [1.82, 2.24) is 4.90 Å². The molecule has 2 aliphatic rings. The van der Waals surface area contributed by atoms with Gasteiger partial charge in [0, 0.05) is 18.5 Å². The maximum absolute atomic E-state index is 12.4. The Bertz CT molecular complexity index is 282. The Morgan fingerprint density at radius 3 is 2.47 bits per heavy atom. The van der Waals surface area contributed by atoms with Crippen LogP contribution in [0.15, 0.2) is 0 Å². The van der Waals surface area contributed by atoms with E-state index in [-0.39, 0.29) is 23.9 Å². The lowest BCUT2D eigenvalue weighted by molar-refractivity contribution is -0.134. The first-order valence-corrected chi connectivity index (χ1v) is 6.41. The van der Waals surface area contributed by atoms with E-state index in [0.29, 0.717) is 6.42 Å². The van der Waals surface area contributed by atoms with Crippen LogP contribution in [-0.4, -0.2) is 35.9 Å². The minimum absolute atomic E-state index is 0.0640. The number of hydrogen-bond donors (Lipinski definition) is 1. The fourth-order valence-electron chi connectivity index (χ4n) is 2.65. The Hall–Kier alpha value is -0.710. The van der Waals surface area contributed by atoms with Crippen LogP contribution in [0.5, 0.6) is 0 Å². The minimum atomic E-state index is -2.43. The van der Waals surface area contributed by atoms with Crippen LogP contribution in [0.25, 0.3) is 0 Å². The highest BCUT2D eigenvalue weighted by Crippen LogP contribution is 2.31. The third-order valence-corrected chi connectivity index (χ3v) is 3.80. The van der Waals surface area contributed by atoms with Crippen molar-refractivity contribution in [3.63, 3.8) is 0 Å². The number of alkyl halides is 2. The van der Waals surface area contributed by atoms with Crippen LogP contribution >= 0.6 is 0 Å². The van der Waals surface area contributed by atoms with Gasteiger partial charge in [-0.15, -0.1) is 0 Å². The first-order valence-electron chi connectivity index (χ1n) is 6.41. The highest BCUT2D eigenvalue weighted by molar-refractivity contribution is 5.77. The number of carbonyl (C=O) groups excluding carboxylic acids is 1. The molecule has 2 N–H and O–H groups in total. The van der Waals surface area contributed by atoms with Crippen LogP contribution in [0.3, 0.4) is 0 Å². The molecule has 2 rings (SSSR count). The summed E-state index contributed by atoms with van der Waals surface area (Å²) in [5.41, 5.74) is 5.90. The van der Waals surface area contributed by atoms with Crippen molar-refractivity contribution < 1.29 is 13.6 Å². The SMILES string of the molecule is N[C@@H]1CCC[C@H]1CC(=O)N(CC(F)F)C1CC1. The highest BCUT2D eigenvalue weighted by atomic mass is 19.3. The Labute approximate surface area is 100 Å². The van der Waals surface area contributed by atoms with Gasteiger partial charge in [-0.3, -0.25) is 4.79 Å². The van der Waals surface area contributed by atoms with Gasteiger partial charge in [-0.05, 0) is 31.6 Å².